The van der Waals surface area contributed by atoms with Crippen LogP contribution in [0.1, 0.15) is 39.5 Å². The van der Waals surface area contributed by atoms with Crippen molar-refractivity contribution in [3.05, 3.63) is 59.7 Å². The monoisotopic (exact) mass is 411 g/mol. The molecule has 1 atom stereocenters. The van der Waals surface area contributed by atoms with Crippen LogP contribution in [0.25, 0.3) is 11.3 Å². The summed E-state index contributed by atoms with van der Waals surface area (Å²) in [5.41, 5.74) is 2.94. The van der Waals surface area contributed by atoms with E-state index in [-0.39, 0.29) is 17.6 Å². The molecule has 0 saturated carbocycles. The first-order chi connectivity index (χ1) is 14.1. The molecule has 4 nitrogen and oxygen atoms in total. The summed E-state index contributed by atoms with van der Waals surface area (Å²) in [5.74, 6) is -0.174. The number of unbranched alkanes of at least 4 members (excludes halogenated alkanes) is 1. The number of nitrogens with one attached hydrogen (secondary N) is 2. The van der Waals surface area contributed by atoms with Gasteiger partial charge in [0.2, 0.25) is 5.91 Å². The lowest BCUT2D eigenvalue weighted by Crippen LogP contribution is -2.22. The largest absolute Gasteiger partial charge is 0.329 e. The average Bonchev–Trinajstić information content (AvgIpc) is 3.19. The number of para-hydroxylation sites is 1. The van der Waals surface area contributed by atoms with Crippen LogP contribution in [-0.2, 0) is 4.79 Å². The Hall–Kier alpha value is -2.73. The van der Waals surface area contributed by atoms with Gasteiger partial charge in [-0.1, -0.05) is 51.0 Å². The molecule has 0 bridgehead atoms. The first-order valence-electron chi connectivity index (χ1n) is 9.99. The number of thiazole rings is 1. The van der Waals surface area contributed by atoms with Crippen LogP contribution in [0.3, 0.4) is 0 Å². The summed E-state index contributed by atoms with van der Waals surface area (Å²) in [5, 5.41) is 8.58. The summed E-state index contributed by atoms with van der Waals surface area (Å²) in [6.07, 6.45) is 3.94. The number of amides is 1. The Balaban J connectivity index is 1.64. The molecule has 29 heavy (non-hydrogen) atoms. The average molecular weight is 412 g/mol. The summed E-state index contributed by atoms with van der Waals surface area (Å²) in [6.45, 7) is 4.19. The lowest BCUT2D eigenvalue weighted by Gasteiger charge is -2.14. The number of hydrogen-bond acceptors (Lipinski definition) is 4. The smallest absolute Gasteiger partial charge is 0.227 e. The van der Waals surface area contributed by atoms with E-state index in [1.54, 1.807) is 18.2 Å². The Bertz CT molecular complexity index is 939. The van der Waals surface area contributed by atoms with Crippen molar-refractivity contribution >= 4 is 33.8 Å². The fourth-order valence-corrected chi connectivity index (χ4v) is 3.81. The second-order valence-electron chi connectivity index (χ2n) is 6.96. The standard InChI is InChI=1S/C23H26FN3OS/c1-3-5-8-16(4-2)22(28)25-18-13-11-17(12-14-18)21-15-29-23(27-21)26-20-10-7-6-9-19(20)24/h6-7,9-16H,3-5,8H2,1-2H3,(H,25,28)(H,26,27). The van der Waals surface area contributed by atoms with Gasteiger partial charge >= 0.3 is 0 Å². The molecule has 1 heterocycles. The summed E-state index contributed by atoms with van der Waals surface area (Å²) in [4.78, 5) is 17.0. The fourth-order valence-electron chi connectivity index (χ4n) is 3.08. The molecule has 0 saturated heterocycles. The minimum absolute atomic E-state index is 0.0557. The number of carbonyl (C=O) groups is 1. The van der Waals surface area contributed by atoms with Crippen molar-refractivity contribution in [2.45, 2.75) is 39.5 Å². The number of halogens is 1. The van der Waals surface area contributed by atoms with E-state index in [1.165, 1.54) is 17.4 Å². The zero-order valence-electron chi connectivity index (χ0n) is 16.7. The molecule has 152 valence electrons. The number of anilines is 3. The van der Waals surface area contributed by atoms with Crippen molar-refractivity contribution in [2.24, 2.45) is 5.92 Å². The Morgan fingerprint density at radius 2 is 1.90 bits per heavy atom. The molecule has 1 amide bonds. The number of hydrogen-bond donors (Lipinski definition) is 2. The van der Waals surface area contributed by atoms with Gasteiger partial charge in [-0.3, -0.25) is 4.79 Å². The molecule has 3 aromatic rings. The van der Waals surface area contributed by atoms with E-state index in [4.69, 9.17) is 0 Å². The minimum atomic E-state index is -0.311. The van der Waals surface area contributed by atoms with Gasteiger partial charge in [-0.2, -0.15) is 0 Å². The van der Waals surface area contributed by atoms with E-state index in [2.05, 4.69) is 29.5 Å². The lowest BCUT2D eigenvalue weighted by molar-refractivity contribution is -0.120. The summed E-state index contributed by atoms with van der Waals surface area (Å²) in [6, 6.07) is 14.2. The first-order valence-corrected chi connectivity index (χ1v) is 10.9. The molecule has 1 unspecified atom stereocenters. The zero-order chi connectivity index (χ0) is 20.6. The Labute approximate surface area is 175 Å². The molecule has 0 fully saturated rings. The third-order valence-corrected chi connectivity index (χ3v) is 5.60. The quantitative estimate of drug-likeness (QED) is 0.405. The molecule has 0 aliphatic rings. The number of carbonyl (C=O) groups excluding carboxylic acids is 1. The normalized spacial score (nSPS) is 11.8. The predicted octanol–water partition coefficient (Wildman–Crippen LogP) is 6.85. The van der Waals surface area contributed by atoms with Crippen LogP contribution >= 0.6 is 11.3 Å². The highest BCUT2D eigenvalue weighted by atomic mass is 32.1. The van der Waals surface area contributed by atoms with Gasteiger partial charge in [-0.15, -0.1) is 11.3 Å². The molecule has 0 radical (unpaired) electrons. The Kier molecular flexibility index (Phi) is 7.36. The van der Waals surface area contributed by atoms with Gasteiger partial charge in [0.1, 0.15) is 5.82 Å². The highest BCUT2D eigenvalue weighted by Crippen LogP contribution is 2.29. The molecule has 2 aromatic carbocycles. The lowest BCUT2D eigenvalue weighted by atomic mass is 9.98. The van der Waals surface area contributed by atoms with Crippen molar-refractivity contribution in [2.75, 3.05) is 10.6 Å². The van der Waals surface area contributed by atoms with Crippen LogP contribution in [-0.4, -0.2) is 10.9 Å². The summed E-state index contributed by atoms with van der Waals surface area (Å²) >= 11 is 1.42. The van der Waals surface area contributed by atoms with Gasteiger partial charge in [-0.05, 0) is 37.1 Å². The van der Waals surface area contributed by atoms with Gasteiger partial charge in [0.25, 0.3) is 0 Å². The van der Waals surface area contributed by atoms with Crippen molar-refractivity contribution in [1.82, 2.24) is 4.98 Å². The number of aromatic nitrogens is 1. The fraction of sp³-hybridized carbons (Fsp3) is 0.304. The third kappa shape index (κ3) is 5.64. The minimum Gasteiger partial charge on any atom is -0.329 e. The molecule has 3 rings (SSSR count). The molecule has 1 aromatic heterocycles. The van der Waals surface area contributed by atoms with Crippen molar-refractivity contribution in [3.8, 4) is 11.3 Å². The van der Waals surface area contributed by atoms with Gasteiger partial charge in [0.15, 0.2) is 5.13 Å². The van der Waals surface area contributed by atoms with E-state index >= 15 is 0 Å². The van der Waals surface area contributed by atoms with Gasteiger partial charge in [-0.25, -0.2) is 9.37 Å². The van der Waals surface area contributed by atoms with Crippen molar-refractivity contribution in [1.29, 1.82) is 0 Å². The van der Waals surface area contributed by atoms with Gasteiger partial charge in [0.05, 0.1) is 11.4 Å². The van der Waals surface area contributed by atoms with Gasteiger partial charge in [0, 0.05) is 22.5 Å². The van der Waals surface area contributed by atoms with E-state index < -0.39 is 0 Å². The predicted molar refractivity (Wildman–Crippen MR) is 119 cm³/mol. The second kappa shape index (κ2) is 10.2. The highest BCUT2D eigenvalue weighted by molar-refractivity contribution is 7.14. The molecular formula is C23H26FN3OS. The van der Waals surface area contributed by atoms with Crippen LogP contribution < -0.4 is 10.6 Å². The maximum Gasteiger partial charge on any atom is 0.227 e. The van der Waals surface area contributed by atoms with E-state index in [0.29, 0.717) is 10.8 Å². The van der Waals surface area contributed by atoms with Crippen LogP contribution in [0.5, 0.6) is 0 Å². The third-order valence-electron chi connectivity index (χ3n) is 4.84. The van der Waals surface area contributed by atoms with Crippen LogP contribution in [0.4, 0.5) is 20.9 Å². The molecule has 6 heteroatoms. The molecular weight excluding hydrogens is 385 g/mol. The van der Waals surface area contributed by atoms with E-state index in [1.807, 2.05) is 29.6 Å². The van der Waals surface area contributed by atoms with Crippen LogP contribution in [0.15, 0.2) is 53.9 Å². The SMILES string of the molecule is CCCCC(CC)C(=O)Nc1ccc(-c2csc(Nc3ccccc3F)n2)cc1. The second-order valence-corrected chi connectivity index (χ2v) is 7.81. The van der Waals surface area contributed by atoms with E-state index in [0.717, 1.165) is 42.6 Å². The Morgan fingerprint density at radius 1 is 1.14 bits per heavy atom. The van der Waals surface area contributed by atoms with Crippen molar-refractivity contribution in [3.63, 3.8) is 0 Å². The Morgan fingerprint density at radius 3 is 2.59 bits per heavy atom. The molecule has 0 spiro atoms. The zero-order valence-corrected chi connectivity index (χ0v) is 17.6. The van der Waals surface area contributed by atoms with Gasteiger partial charge < -0.3 is 10.6 Å². The first kappa shape index (κ1) is 21.0. The molecule has 0 aliphatic heterocycles. The number of rotatable bonds is 9. The number of benzene rings is 2. The maximum absolute atomic E-state index is 13.8. The van der Waals surface area contributed by atoms with Crippen molar-refractivity contribution < 1.29 is 9.18 Å². The summed E-state index contributed by atoms with van der Waals surface area (Å²) < 4.78 is 13.8. The van der Waals surface area contributed by atoms with E-state index in [9.17, 15) is 9.18 Å². The number of nitrogens with zero attached hydrogens (tertiary/aromatic N) is 1. The van der Waals surface area contributed by atoms with Crippen LogP contribution in [0, 0.1) is 11.7 Å². The topological polar surface area (TPSA) is 54.0 Å². The molecule has 2 N–H and O–H groups in total. The molecule has 0 aliphatic carbocycles. The highest BCUT2D eigenvalue weighted by Gasteiger charge is 2.16. The summed E-state index contributed by atoms with van der Waals surface area (Å²) in [7, 11) is 0. The van der Waals surface area contributed by atoms with Crippen LogP contribution in [0.2, 0.25) is 0 Å². The maximum atomic E-state index is 13.8.